The Morgan fingerprint density at radius 1 is 0.923 bits per heavy atom. The first-order valence-electron chi connectivity index (χ1n) is 5.82. The van der Waals surface area contributed by atoms with Crippen molar-refractivity contribution in [2.24, 2.45) is 5.92 Å². The van der Waals surface area contributed by atoms with E-state index in [2.05, 4.69) is 20.8 Å². The smallest absolute Gasteiger partial charge is 0.0333 e. The summed E-state index contributed by atoms with van der Waals surface area (Å²) in [5, 5.41) is 0.343. The number of unbranched alkanes of at least 4 members (excludes halogenated alkanes) is 5. The molecule has 0 radical (unpaired) electrons. The molecule has 0 nitrogen and oxygen atoms in total. The van der Waals surface area contributed by atoms with Crippen LogP contribution in [0.5, 0.6) is 0 Å². The molecule has 0 bridgehead atoms. The number of halogens is 1. The molecule has 0 aromatic rings. The van der Waals surface area contributed by atoms with E-state index < -0.39 is 0 Å². The lowest BCUT2D eigenvalue weighted by Gasteiger charge is -2.12. The van der Waals surface area contributed by atoms with E-state index in [-0.39, 0.29) is 0 Å². The summed E-state index contributed by atoms with van der Waals surface area (Å²) in [6.07, 6.45) is 9.64. The van der Waals surface area contributed by atoms with Gasteiger partial charge in [-0.3, -0.25) is 0 Å². The van der Waals surface area contributed by atoms with Gasteiger partial charge in [-0.05, 0) is 19.3 Å². The van der Waals surface area contributed by atoms with E-state index in [4.69, 9.17) is 11.6 Å². The third-order valence-electron chi connectivity index (χ3n) is 2.80. The van der Waals surface area contributed by atoms with Crippen molar-refractivity contribution in [3.63, 3.8) is 0 Å². The van der Waals surface area contributed by atoms with Crippen LogP contribution in [-0.2, 0) is 0 Å². The maximum atomic E-state index is 5.99. The Morgan fingerprint density at radius 2 is 1.46 bits per heavy atom. The predicted octanol–water partition coefficient (Wildman–Crippen LogP) is 5.00. The molecule has 0 aromatic carbocycles. The van der Waals surface area contributed by atoms with Gasteiger partial charge in [0.15, 0.2) is 0 Å². The van der Waals surface area contributed by atoms with Crippen molar-refractivity contribution in [1.82, 2.24) is 0 Å². The highest BCUT2D eigenvalue weighted by molar-refractivity contribution is 6.20. The zero-order chi connectivity index (χ0) is 10.1. The van der Waals surface area contributed by atoms with Crippen molar-refractivity contribution in [2.75, 3.05) is 0 Å². The molecule has 0 aliphatic rings. The van der Waals surface area contributed by atoms with Crippen molar-refractivity contribution in [3.05, 3.63) is 0 Å². The summed E-state index contributed by atoms with van der Waals surface area (Å²) in [6.45, 7) is 6.62. The molecule has 13 heavy (non-hydrogen) atoms. The molecule has 0 fully saturated rings. The van der Waals surface area contributed by atoms with Crippen LogP contribution in [0.3, 0.4) is 0 Å². The molecule has 80 valence electrons. The molecule has 0 aliphatic heterocycles. The first kappa shape index (κ1) is 13.3. The second-order valence-corrected chi connectivity index (χ2v) is 4.90. The Labute approximate surface area is 89.1 Å². The quantitative estimate of drug-likeness (QED) is 0.386. The van der Waals surface area contributed by atoms with Gasteiger partial charge in [0.1, 0.15) is 0 Å². The van der Waals surface area contributed by atoms with Gasteiger partial charge < -0.3 is 0 Å². The molecule has 0 aliphatic carbocycles. The summed E-state index contributed by atoms with van der Waals surface area (Å²) in [4.78, 5) is 0. The van der Waals surface area contributed by atoms with Gasteiger partial charge in [0.2, 0.25) is 0 Å². The van der Waals surface area contributed by atoms with E-state index in [1.807, 2.05) is 0 Å². The minimum Gasteiger partial charge on any atom is -0.123 e. The van der Waals surface area contributed by atoms with Crippen LogP contribution in [0.15, 0.2) is 0 Å². The van der Waals surface area contributed by atoms with E-state index in [0.29, 0.717) is 11.3 Å². The average Bonchev–Trinajstić information content (AvgIpc) is 2.10. The minimum absolute atomic E-state index is 0.343. The summed E-state index contributed by atoms with van der Waals surface area (Å²) in [6, 6.07) is 0. The zero-order valence-electron chi connectivity index (χ0n) is 9.48. The first-order chi connectivity index (χ1) is 6.18. The summed E-state index contributed by atoms with van der Waals surface area (Å²) in [7, 11) is 0. The van der Waals surface area contributed by atoms with E-state index in [0.717, 1.165) is 0 Å². The van der Waals surface area contributed by atoms with Gasteiger partial charge in [-0.15, -0.1) is 11.6 Å². The molecule has 2 atom stereocenters. The normalized spacial score (nSPS) is 15.7. The number of alkyl halides is 1. The lowest BCUT2D eigenvalue weighted by Crippen LogP contribution is -2.06. The number of hydrogen-bond donors (Lipinski definition) is 0. The molecular weight excluding hydrogens is 180 g/mol. The fraction of sp³-hybridized carbons (Fsp3) is 1.00. The van der Waals surface area contributed by atoms with Crippen LogP contribution in [0.25, 0.3) is 0 Å². The highest BCUT2D eigenvalue weighted by Gasteiger charge is 2.07. The molecule has 0 amide bonds. The lowest BCUT2D eigenvalue weighted by atomic mass is 9.99. The van der Waals surface area contributed by atoms with Crippen LogP contribution in [0.1, 0.15) is 65.7 Å². The van der Waals surface area contributed by atoms with Gasteiger partial charge >= 0.3 is 0 Å². The average molecular weight is 205 g/mol. The third-order valence-corrected chi connectivity index (χ3v) is 3.23. The molecule has 0 saturated heterocycles. The van der Waals surface area contributed by atoms with E-state index in [1.165, 1.54) is 44.9 Å². The van der Waals surface area contributed by atoms with Gasteiger partial charge in [0.05, 0.1) is 0 Å². The van der Waals surface area contributed by atoms with Crippen molar-refractivity contribution in [3.8, 4) is 0 Å². The molecule has 0 aromatic heterocycles. The molecule has 0 saturated carbocycles. The van der Waals surface area contributed by atoms with Gasteiger partial charge in [-0.1, -0.05) is 52.4 Å². The molecule has 0 heterocycles. The second-order valence-electron chi connectivity index (χ2n) is 4.21. The van der Waals surface area contributed by atoms with Crippen LogP contribution >= 0.6 is 11.6 Å². The maximum absolute atomic E-state index is 5.99. The second kappa shape index (κ2) is 8.87. The van der Waals surface area contributed by atoms with E-state index in [9.17, 15) is 0 Å². The highest BCUT2D eigenvalue weighted by atomic mass is 35.5. The Hall–Kier alpha value is 0.290. The number of hydrogen-bond acceptors (Lipinski definition) is 0. The molecule has 0 rings (SSSR count). The number of rotatable bonds is 8. The van der Waals surface area contributed by atoms with Crippen LogP contribution < -0.4 is 0 Å². The maximum Gasteiger partial charge on any atom is 0.0333 e. The van der Waals surface area contributed by atoms with Crippen molar-refractivity contribution >= 4 is 11.6 Å². The zero-order valence-corrected chi connectivity index (χ0v) is 10.2. The molecule has 2 unspecified atom stereocenters. The van der Waals surface area contributed by atoms with Crippen LogP contribution in [0, 0.1) is 5.92 Å². The van der Waals surface area contributed by atoms with E-state index in [1.54, 1.807) is 0 Å². The largest absolute Gasteiger partial charge is 0.123 e. The summed E-state index contributed by atoms with van der Waals surface area (Å²) in [5.74, 6) is 0.688. The Balaban J connectivity index is 3.07. The monoisotopic (exact) mass is 204 g/mol. The predicted molar refractivity (Wildman–Crippen MR) is 62.5 cm³/mol. The molecule has 0 spiro atoms. The Bertz CT molecular complexity index is 99.3. The highest BCUT2D eigenvalue weighted by Crippen LogP contribution is 2.17. The standard InChI is InChI=1S/C12H25Cl/c1-4-5-6-7-8-9-10-11(2)12(3)13/h11-12H,4-10H2,1-3H3. The first-order valence-corrected chi connectivity index (χ1v) is 6.26. The minimum atomic E-state index is 0.343. The Kier molecular flexibility index (Phi) is 9.07. The van der Waals surface area contributed by atoms with Crippen LogP contribution in [0.2, 0.25) is 0 Å². The fourth-order valence-electron chi connectivity index (χ4n) is 1.48. The van der Waals surface area contributed by atoms with Gasteiger partial charge in [-0.2, -0.15) is 0 Å². The fourth-order valence-corrected chi connectivity index (χ4v) is 1.60. The summed E-state index contributed by atoms with van der Waals surface area (Å²) < 4.78 is 0. The van der Waals surface area contributed by atoms with E-state index >= 15 is 0 Å². The summed E-state index contributed by atoms with van der Waals surface area (Å²) >= 11 is 5.99. The lowest BCUT2D eigenvalue weighted by molar-refractivity contribution is 0.477. The third kappa shape index (κ3) is 8.62. The Morgan fingerprint density at radius 3 is 2.00 bits per heavy atom. The molecule has 0 N–H and O–H groups in total. The van der Waals surface area contributed by atoms with Crippen molar-refractivity contribution < 1.29 is 0 Å². The van der Waals surface area contributed by atoms with Gasteiger partial charge in [-0.25, -0.2) is 0 Å². The van der Waals surface area contributed by atoms with Crippen molar-refractivity contribution in [2.45, 2.75) is 71.1 Å². The van der Waals surface area contributed by atoms with Gasteiger partial charge in [0.25, 0.3) is 0 Å². The van der Waals surface area contributed by atoms with Crippen LogP contribution in [-0.4, -0.2) is 5.38 Å². The molecule has 1 heteroatoms. The van der Waals surface area contributed by atoms with Crippen LogP contribution in [0.4, 0.5) is 0 Å². The SMILES string of the molecule is CCCCCCCCC(C)C(C)Cl. The summed E-state index contributed by atoms with van der Waals surface area (Å²) in [5.41, 5.74) is 0. The van der Waals surface area contributed by atoms with Crippen molar-refractivity contribution in [1.29, 1.82) is 0 Å². The van der Waals surface area contributed by atoms with Gasteiger partial charge in [0, 0.05) is 5.38 Å². The molecular formula is C12H25Cl. The topological polar surface area (TPSA) is 0 Å².